The predicted octanol–water partition coefficient (Wildman–Crippen LogP) is 2.72. The van der Waals surface area contributed by atoms with Gasteiger partial charge in [0, 0.05) is 26.2 Å². The van der Waals surface area contributed by atoms with Crippen molar-refractivity contribution in [3.8, 4) is 0 Å². The van der Waals surface area contributed by atoms with Crippen molar-refractivity contribution in [2.45, 2.75) is 25.5 Å². The Morgan fingerprint density at radius 2 is 2.13 bits per heavy atom. The van der Waals surface area contributed by atoms with Crippen LogP contribution in [0.3, 0.4) is 0 Å². The minimum absolute atomic E-state index is 0.00848. The summed E-state index contributed by atoms with van der Waals surface area (Å²) in [6.07, 6.45) is 0. The largest absolute Gasteiger partial charge is 0.383 e. The molecule has 0 aliphatic carbocycles. The van der Waals surface area contributed by atoms with Crippen LogP contribution in [0.25, 0.3) is 0 Å². The van der Waals surface area contributed by atoms with Crippen LogP contribution in [0.4, 0.5) is 4.39 Å². The molecule has 2 atom stereocenters. The van der Waals surface area contributed by atoms with Crippen molar-refractivity contribution in [2.24, 2.45) is 4.99 Å². The standard InChI is InChI=1S/C22H31FN4O2S/c1-3-24-21(26-16-22(2,28)18-7-12-30-15-18)25-14-20(27-8-10-29-11-9-27)17-5-4-6-19(23)13-17/h4-7,12-13,15,20,28H,3,8-11,14,16H2,1-2H3,(H2,24,25,26). The smallest absolute Gasteiger partial charge is 0.191 e. The molecule has 1 aliphatic heterocycles. The predicted molar refractivity (Wildman–Crippen MR) is 119 cm³/mol. The Morgan fingerprint density at radius 3 is 2.80 bits per heavy atom. The van der Waals surface area contributed by atoms with Gasteiger partial charge in [-0.15, -0.1) is 0 Å². The molecule has 1 aromatic carbocycles. The van der Waals surface area contributed by atoms with Gasteiger partial charge in [-0.3, -0.25) is 4.90 Å². The first-order valence-electron chi connectivity index (χ1n) is 10.3. The number of morpholine rings is 1. The van der Waals surface area contributed by atoms with Crippen LogP contribution in [0.2, 0.25) is 0 Å². The summed E-state index contributed by atoms with van der Waals surface area (Å²) in [5, 5.41) is 21.3. The van der Waals surface area contributed by atoms with Gasteiger partial charge < -0.3 is 20.5 Å². The molecule has 0 saturated carbocycles. The van der Waals surface area contributed by atoms with Crippen LogP contribution >= 0.6 is 11.3 Å². The molecular formula is C22H31FN4O2S. The highest BCUT2D eigenvalue weighted by atomic mass is 32.1. The number of hydrogen-bond donors (Lipinski definition) is 3. The number of aliphatic imine (C=N–C) groups is 1. The molecule has 2 heterocycles. The zero-order chi connectivity index (χ0) is 21.4. The average molecular weight is 435 g/mol. The molecule has 0 radical (unpaired) electrons. The van der Waals surface area contributed by atoms with Crippen LogP contribution < -0.4 is 10.6 Å². The Kier molecular flexibility index (Phi) is 8.21. The number of ether oxygens (including phenoxy) is 1. The molecule has 2 aromatic rings. The van der Waals surface area contributed by atoms with Gasteiger partial charge in [0.1, 0.15) is 11.4 Å². The van der Waals surface area contributed by atoms with Gasteiger partial charge in [-0.2, -0.15) is 11.3 Å². The van der Waals surface area contributed by atoms with E-state index >= 15 is 0 Å². The molecule has 30 heavy (non-hydrogen) atoms. The lowest BCUT2D eigenvalue weighted by Gasteiger charge is -2.35. The molecule has 2 unspecified atom stereocenters. The Bertz CT molecular complexity index is 807. The molecule has 0 bridgehead atoms. The summed E-state index contributed by atoms with van der Waals surface area (Å²) in [4.78, 5) is 6.90. The van der Waals surface area contributed by atoms with E-state index in [0.717, 1.165) is 24.2 Å². The van der Waals surface area contributed by atoms with Crippen LogP contribution in [0.15, 0.2) is 46.1 Å². The van der Waals surface area contributed by atoms with Crippen molar-refractivity contribution < 1.29 is 14.2 Å². The third-order valence-electron chi connectivity index (χ3n) is 5.22. The average Bonchev–Trinajstić information content (AvgIpc) is 3.29. The minimum Gasteiger partial charge on any atom is -0.383 e. The van der Waals surface area contributed by atoms with Gasteiger partial charge in [-0.1, -0.05) is 12.1 Å². The molecule has 8 heteroatoms. The highest BCUT2D eigenvalue weighted by molar-refractivity contribution is 7.08. The van der Waals surface area contributed by atoms with Crippen LogP contribution in [-0.2, 0) is 10.3 Å². The maximum absolute atomic E-state index is 13.9. The van der Waals surface area contributed by atoms with Crippen LogP contribution in [0, 0.1) is 5.82 Å². The van der Waals surface area contributed by atoms with Crippen molar-refractivity contribution >= 4 is 17.3 Å². The normalized spacial score (nSPS) is 18.6. The number of guanidine groups is 1. The summed E-state index contributed by atoms with van der Waals surface area (Å²) < 4.78 is 19.4. The minimum atomic E-state index is -1.03. The number of benzene rings is 1. The van der Waals surface area contributed by atoms with Crippen molar-refractivity contribution in [2.75, 3.05) is 45.9 Å². The van der Waals surface area contributed by atoms with Gasteiger partial charge >= 0.3 is 0 Å². The number of halogens is 1. The lowest BCUT2D eigenvalue weighted by Crippen LogP contribution is -2.46. The topological polar surface area (TPSA) is 69.1 Å². The molecule has 1 aromatic heterocycles. The van der Waals surface area contributed by atoms with Gasteiger partial charge in [0.05, 0.1) is 25.8 Å². The summed E-state index contributed by atoms with van der Waals surface area (Å²) in [7, 11) is 0. The fourth-order valence-corrected chi connectivity index (χ4v) is 4.27. The van der Waals surface area contributed by atoms with E-state index in [1.54, 1.807) is 30.4 Å². The van der Waals surface area contributed by atoms with E-state index in [4.69, 9.17) is 4.74 Å². The quantitative estimate of drug-likeness (QED) is 0.440. The van der Waals surface area contributed by atoms with E-state index < -0.39 is 5.60 Å². The number of aliphatic hydroxyl groups is 1. The van der Waals surface area contributed by atoms with Crippen molar-refractivity contribution in [3.63, 3.8) is 0 Å². The Morgan fingerprint density at radius 1 is 1.33 bits per heavy atom. The summed E-state index contributed by atoms with van der Waals surface area (Å²) in [6, 6.07) is 8.66. The van der Waals surface area contributed by atoms with Crippen molar-refractivity contribution in [3.05, 3.63) is 58.0 Å². The van der Waals surface area contributed by atoms with Crippen molar-refractivity contribution in [1.29, 1.82) is 0 Å². The molecule has 164 valence electrons. The van der Waals surface area contributed by atoms with Crippen LogP contribution in [-0.4, -0.2) is 61.9 Å². The second-order valence-corrected chi connectivity index (χ2v) is 8.36. The zero-order valence-electron chi connectivity index (χ0n) is 17.6. The number of hydrogen-bond acceptors (Lipinski definition) is 5. The second-order valence-electron chi connectivity index (χ2n) is 7.58. The summed E-state index contributed by atoms with van der Waals surface area (Å²) in [5.74, 6) is 0.390. The van der Waals surface area contributed by atoms with E-state index in [-0.39, 0.29) is 18.4 Å². The summed E-state index contributed by atoms with van der Waals surface area (Å²) in [5.41, 5.74) is 0.748. The molecule has 1 fully saturated rings. The van der Waals surface area contributed by atoms with Crippen LogP contribution in [0.1, 0.15) is 31.0 Å². The molecular weight excluding hydrogens is 403 g/mol. The highest BCUT2D eigenvalue weighted by Gasteiger charge is 2.25. The zero-order valence-corrected chi connectivity index (χ0v) is 18.4. The Balaban J connectivity index is 1.72. The summed E-state index contributed by atoms with van der Waals surface area (Å²) in [6.45, 7) is 8.21. The summed E-state index contributed by atoms with van der Waals surface area (Å²) >= 11 is 1.55. The lowest BCUT2D eigenvalue weighted by molar-refractivity contribution is 0.0169. The number of rotatable bonds is 8. The molecule has 6 nitrogen and oxygen atoms in total. The fraction of sp³-hybridized carbons (Fsp3) is 0.500. The fourth-order valence-electron chi connectivity index (χ4n) is 3.49. The molecule has 3 rings (SSSR count). The molecule has 0 spiro atoms. The van der Waals surface area contributed by atoms with Gasteiger partial charge in [0.25, 0.3) is 0 Å². The monoisotopic (exact) mass is 434 g/mol. The first-order chi connectivity index (χ1) is 14.5. The second kappa shape index (κ2) is 10.9. The molecule has 3 N–H and O–H groups in total. The van der Waals surface area contributed by atoms with Gasteiger partial charge in [0.2, 0.25) is 0 Å². The van der Waals surface area contributed by atoms with Gasteiger partial charge in [-0.25, -0.2) is 9.38 Å². The maximum atomic E-state index is 13.9. The van der Waals surface area contributed by atoms with Crippen molar-refractivity contribution in [1.82, 2.24) is 15.5 Å². The Labute approximate surface area is 181 Å². The number of thiophene rings is 1. The first-order valence-corrected chi connectivity index (χ1v) is 11.3. The molecule has 1 saturated heterocycles. The van der Waals surface area contributed by atoms with E-state index in [1.165, 1.54) is 6.07 Å². The number of nitrogens with zero attached hydrogens (tertiary/aromatic N) is 2. The first kappa shape index (κ1) is 22.7. The van der Waals surface area contributed by atoms with Gasteiger partial charge in [-0.05, 0) is 53.9 Å². The number of nitrogens with one attached hydrogen (secondary N) is 2. The van der Waals surface area contributed by atoms with E-state index in [9.17, 15) is 9.50 Å². The maximum Gasteiger partial charge on any atom is 0.191 e. The third kappa shape index (κ3) is 6.25. The molecule has 1 aliphatic rings. The third-order valence-corrected chi connectivity index (χ3v) is 5.90. The van der Waals surface area contributed by atoms with Crippen LogP contribution in [0.5, 0.6) is 0 Å². The lowest BCUT2D eigenvalue weighted by atomic mass is 10.00. The van der Waals surface area contributed by atoms with E-state index in [1.807, 2.05) is 29.8 Å². The van der Waals surface area contributed by atoms with E-state index in [0.29, 0.717) is 32.3 Å². The highest BCUT2D eigenvalue weighted by Crippen LogP contribution is 2.24. The SMILES string of the molecule is CCNC(=NCC(C)(O)c1ccsc1)NCC(c1cccc(F)c1)N1CCOCC1. The molecule has 0 amide bonds. The van der Waals surface area contributed by atoms with E-state index in [2.05, 4.69) is 20.5 Å². The Hall–Kier alpha value is -2.00. The van der Waals surface area contributed by atoms with Gasteiger partial charge in [0.15, 0.2) is 5.96 Å².